The van der Waals surface area contributed by atoms with E-state index in [-0.39, 0.29) is 22.8 Å². The van der Waals surface area contributed by atoms with Crippen LogP contribution in [0.4, 0.5) is 10.8 Å². The molecule has 2 heterocycles. The van der Waals surface area contributed by atoms with Gasteiger partial charge in [0.2, 0.25) is 5.91 Å². The zero-order chi connectivity index (χ0) is 23.2. The van der Waals surface area contributed by atoms with E-state index in [0.29, 0.717) is 10.8 Å². The van der Waals surface area contributed by atoms with Crippen molar-refractivity contribution in [3.05, 3.63) is 78.1 Å². The smallest absolute Gasteiger partial charge is 0.291 e. The van der Waals surface area contributed by atoms with Crippen molar-refractivity contribution in [1.82, 2.24) is 4.98 Å². The molecule has 2 aromatic heterocycles. The molecule has 0 radical (unpaired) electrons. The van der Waals surface area contributed by atoms with Gasteiger partial charge < -0.3 is 19.8 Å². The lowest BCUT2D eigenvalue weighted by Crippen LogP contribution is -2.22. The lowest BCUT2D eigenvalue weighted by molar-refractivity contribution is -0.115. The van der Waals surface area contributed by atoms with Crippen LogP contribution in [-0.2, 0) is 4.79 Å². The van der Waals surface area contributed by atoms with Crippen molar-refractivity contribution < 1.29 is 18.7 Å². The predicted octanol–water partition coefficient (Wildman–Crippen LogP) is 5.78. The first-order valence-corrected chi connectivity index (χ1v) is 11.8. The maximum atomic E-state index is 12.7. The summed E-state index contributed by atoms with van der Waals surface area (Å²) >= 11 is 2.80. The predicted molar refractivity (Wildman–Crippen MR) is 131 cm³/mol. The van der Waals surface area contributed by atoms with E-state index in [1.54, 1.807) is 31.4 Å². The van der Waals surface area contributed by atoms with Gasteiger partial charge in [0.1, 0.15) is 5.75 Å². The largest absolute Gasteiger partial charge is 0.497 e. The molecule has 4 aromatic rings. The van der Waals surface area contributed by atoms with Crippen LogP contribution in [0.5, 0.6) is 5.75 Å². The van der Waals surface area contributed by atoms with Crippen LogP contribution < -0.4 is 15.4 Å². The third-order valence-electron chi connectivity index (χ3n) is 4.64. The van der Waals surface area contributed by atoms with Crippen molar-refractivity contribution in [2.24, 2.45) is 0 Å². The molecule has 2 N–H and O–H groups in total. The highest BCUT2D eigenvalue weighted by atomic mass is 32.2. The molecule has 0 bridgehead atoms. The summed E-state index contributed by atoms with van der Waals surface area (Å²) in [6.45, 7) is 1.84. The molecule has 0 spiro atoms. The summed E-state index contributed by atoms with van der Waals surface area (Å²) < 4.78 is 10.3. The fraction of sp³-hybridized carbons (Fsp3) is 0.125. The van der Waals surface area contributed by atoms with Crippen LogP contribution >= 0.6 is 23.1 Å². The maximum absolute atomic E-state index is 12.7. The molecule has 0 aliphatic heterocycles. The quantitative estimate of drug-likeness (QED) is 0.311. The lowest BCUT2D eigenvalue weighted by atomic mass is 10.2. The van der Waals surface area contributed by atoms with E-state index in [1.807, 2.05) is 48.7 Å². The fourth-order valence-corrected chi connectivity index (χ4v) is 4.52. The van der Waals surface area contributed by atoms with Crippen molar-refractivity contribution in [3.8, 4) is 17.0 Å². The van der Waals surface area contributed by atoms with E-state index in [4.69, 9.17) is 9.15 Å². The zero-order valence-corrected chi connectivity index (χ0v) is 19.5. The van der Waals surface area contributed by atoms with Gasteiger partial charge in [-0.25, -0.2) is 4.98 Å². The van der Waals surface area contributed by atoms with Gasteiger partial charge >= 0.3 is 0 Å². The first kappa shape index (κ1) is 22.6. The molecule has 1 unspecified atom stereocenters. The Labute approximate surface area is 199 Å². The molecule has 0 saturated heterocycles. The molecule has 7 nitrogen and oxygen atoms in total. The molecule has 2 amide bonds. The highest BCUT2D eigenvalue weighted by molar-refractivity contribution is 8.00. The minimum atomic E-state index is -0.335. The number of carbonyl (C=O) groups excluding carboxylic acids is 2. The van der Waals surface area contributed by atoms with Gasteiger partial charge in [-0.05, 0) is 55.5 Å². The minimum Gasteiger partial charge on any atom is -0.497 e. The Morgan fingerprint density at radius 2 is 1.91 bits per heavy atom. The summed E-state index contributed by atoms with van der Waals surface area (Å²) in [5.41, 5.74) is 2.35. The molecule has 4 rings (SSSR count). The molecule has 2 aromatic carbocycles. The summed E-state index contributed by atoms with van der Waals surface area (Å²) in [6.07, 6.45) is 1.45. The molecule has 0 aliphatic rings. The van der Waals surface area contributed by atoms with E-state index in [0.717, 1.165) is 21.9 Å². The molecule has 1 atom stereocenters. The Morgan fingerprint density at radius 3 is 2.64 bits per heavy atom. The molecular weight excluding hydrogens is 458 g/mol. The highest BCUT2D eigenvalue weighted by Gasteiger charge is 2.17. The second-order valence-electron chi connectivity index (χ2n) is 6.97. The molecule has 0 saturated carbocycles. The molecule has 168 valence electrons. The van der Waals surface area contributed by atoms with Gasteiger partial charge in [-0.3, -0.25) is 9.59 Å². The Balaban J connectivity index is 1.32. The summed E-state index contributed by atoms with van der Waals surface area (Å²) in [5, 5.41) is 7.76. The van der Waals surface area contributed by atoms with Crippen molar-refractivity contribution in [2.75, 3.05) is 17.7 Å². The number of thioether (sulfide) groups is 1. The lowest BCUT2D eigenvalue weighted by Gasteiger charge is -2.11. The van der Waals surface area contributed by atoms with Crippen molar-refractivity contribution >= 4 is 45.7 Å². The number of rotatable bonds is 8. The van der Waals surface area contributed by atoms with Crippen molar-refractivity contribution in [3.63, 3.8) is 0 Å². The van der Waals surface area contributed by atoms with Gasteiger partial charge in [0.05, 0.1) is 24.3 Å². The van der Waals surface area contributed by atoms with Crippen LogP contribution in [0.15, 0.2) is 81.6 Å². The molecule has 9 heteroatoms. The monoisotopic (exact) mass is 479 g/mol. The molecule has 0 aliphatic carbocycles. The zero-order valence-electron chi connectivity index (χ0n) is 17.9. The average Bonchev–Trinajstić information content (AvgIpc) is 3.53. The fourth-order valence-electron chi connectivity index (χ4n) is 2.93. The van der Waals surface area contributed by atoms with E-state index < -0.39 is 0 Å². The van der Waals surface area contributed by atoms with E-state index >= 15 is 0 Å². The molecular formula is C24H21N3O4S2. The number of ether oxygens (including phenoxy) is 1. The highest BCUT2D eigenvalue weighted by Crippen LogP contribution is 2.29. The van der Waals surface area contributed by atoms with Gasteiger partial charge in [-0.2, -0.15) is 0 Å². The number of thiazole rings is 1. The second kappa shape index (κ2) is 10.4. The first-order chi connectivity index (χ1) is 16.0. The maximum Gasteiger partial charge on any atom is 0.291 e. The number of methoxy groups -OCH3 is 1. The third kappa shape index (κ3) is 5.82. The normalized spacial score (nSPS) is 11.6. The Bertz CT molecular complexity index is 1240. The summed E-state index contributed by atoms with van der Waals surface area (Å²) in [7, 11) is 1.62. The third-order valence-corrected chi connectivity index (χ3v) is 6.51. The molecule has 0 fully saturated rings. The van der Waals surface area contributed by atoms with Crippen LogP contribution in [0, 0.1) is 0 Å². The number of aromatic nitrogens is 1. The van der Waals surface area contributed by atoms with Crippen LogP contribution in [0.3, 0.4) is 0 Å². The minimum absolute atomic E-state index is 0.137. The molecule has 33 heavy (non-hydrogen) atoms. The van der Waals surface area contributed by atoms with Gasteiger partial charge in [-0.1, -0.05) is 12.1 Å². The van der Waals surface area contributed by atoms with E-state index in [1.165, 1.54) is 29.4 Å². The van der Waals surface area contributed by atoms with Crippen LogP contribution in [0.25, 0.3) is 11.3 Å². The van der Waals surface area contributed by atoms with Crippen molar-refractivity contribution in [2.45, 2.75) is 17.1 Å². The number of nitrogens with one attached hydrogen (secondary N) is 2. The summed E-state index contributed by atoms with van der Waals surface area (Å²) in [6, 6.07) is 18.2. The van der Waals surface area contributed by atoms with Crippen molar-refractivity contribution in [1.29, 1.82) is 0 Å². The number of furan rings is 1. The van der Waals surface area contributed by atoms with Crippen LogP contribution in [-0.4, -0.2) is 29.2 Å². The Morgan fingerprint density at radius 1 is 1.09 bits per heavy atom. The summed E-state index contributed by atoms with van der Waals surface area (Å²) in [4.78, 5) is 30.1. The van der Waals surface area contributed by atoms with Crippen LogP contribution in [0.1, 0.15) is 17.5 Å². The van der Waals surface area contributed by atoms with E-state index in [9.17, 15) is 9.59 Å². The average molecular weight is 480 g/mol. The number of hydrogen-bond acceptors (Lipinski definition) is 7. The topological polar surface area (TPSA) is 93.5 Å². The number of benzene rings is 2. The Hall–Kier alpha value is -3.56. The first-order valence-electron chi connectivity index (χ1n) is 10.0. The standard InChI is InChI=1S/C24H21N3O4S2/c1-15(33-19-10-8-17(9-11-19)25-23(29)21-7-4-12-31-21)22(28)27-24-26-20(14-32-24)16-5-3-6-18(13-16)30-2/h3-15H,1-2H3,(H,25,29)(H,26,27,28). The Kier molecular flexibility index (Phi) is 7.11. The SMILES string of the molecule is COc1cccc(-c2csc(NC(=O)C(C)Sc3ccc(NC(=O)c4ccco4)cc3)n2)c1. The van der Waals surface area contributed by atoms with E-state index in [2.05, 4.69) is 15.6 Å². The number of hydrogen-bond donors (Lipinski definition) is 2. The van der Waals surface area contributed by atoms with Gasteiger partial charge in [0.25, 0.3) is 5.91 Å². The van der Waals surface area contributed by atoms with Crippen LogP contribution in [0.2, 0.25) is 0 Å². The van der Waals surface area contributed by atoms with Gasteiger partial charge in [-0.15, -0.1) is 23.1 Å². The van der Waals surface area contributed by atoms with Gasteiger partial charge in [0, 0.05) is 21.5 Å². The number of nitrogens with zero attached hydrogens (tertiary/aromatic N) is 1. The number of anilines is 2. The number of carbonyl (C=O) groups is 2. The summed E-state index contributed by atoms with van der Waals surface area (Å²) in [5.74, 6) is 0.546. The second-order valence-corrected chi connectivity index (χ2v) is 9.25. The number of amides is 2. The van der Waals surface area contributed by atoms with Gasteiger partial charge in [0.15, 0.2) is 10.9 Å².